The quantitative estimate of drug-likeness (QED) is 0.633. The first-order chi connectivity index (χ1) is 9.01. The highest BCUT2D eigenvalue weighted by atomic mass is 16.5. The van der Waals surface area contributed by atoms with Gasteiger partial charge in [0.2, 0.25) is 0 Å². The topological polar surface area (TPSA) is 55.8 Å². The van der Waals surface area contributed by atoms with Gasteiger partial charge < -0.3 is 14.6 Å². The first kappa shape index (κ1) is 15.2. The first-order valence-corrected chi connectivity index (χ1v) is 6.04. The van der Waals surface area contributed by atoms with E-state index in [1.54, 1.807) is 24.3 Å². The van der Waals surface area contributed by atoms with Crippen LogP contribution in [0.5, 0.6) is 5.75 Å². The van der Waals surface area contributed by atoms with E-state index < -0.39 is 18.0 Å². The predicted octanol–water partition coefficient (Wildman–Crippen LogP) is 2.48. The highest BCUT2D eigenvalue weighted by Gasteiger charge is 2.30. The Labute approximate surface area is 113 Å². The zero-order chi connectivity index (χ0) is 14.4. The zero-order valence-electron chi connectivity index (χ0n) is 11.6. The lowest BCUT2D eigenvalue weighted by atomic mass is 9.90. The van der Waals surface area contributed by atoms with Gasteiger partial charge in [0.1, 0.15) is 5.75 Å². The molecule has 0 aliphatic heterocycles. The second-order valence-electron chi connectivity index (χ2n) is 4.48. The van der Waals surface area contributed by atoms with Crippen molar-refractivity contribution in [2.24, 2.45) is 5.92 Å². The molecule has 0 heterocycles. The van der Waals surface area contributed by atoms with Crippen molar-refractivity contribution in [3.63, 3.8) is 0 Å². The Bertz CT molecular complexity index is 453. The molecule has 0 saturated carbocycles. The normalized spacial score (nSPS) is 13.5. The Kier molecular flexibility index (Phi) is 5.57. The molecular weight excluding hydrogens is 244 g/mol. The van der Waals surface area contributed by atoms with Gasteiger partial charge in [0.15, 0.2) is 0 Å². The van der Waals surface area contributed by atoms with Crippen molar-refractivity contribution >= 4 is 5.97 Å². The summed E-state index contributed by atoms with van der Waals surface area (Å²) >= 11 is 0. The highest BCUT2D eigenvalue weighted by molar-refractivity contribution is 5.73. The number of benzene rings is 1. The fraction of sp³-hybridized carbons (Fsp3) is 0.400. The minimum Gasteiger partial charge on any atom is -0.496 e. The molecule has 4 heteroatoms. The van der Waals surface area contributed by atoms with E-state index in [0.29, 0.717) is 17.7 Å². The average Bonchev–Trinajstić information content (AvgIpc) is 2.42. The lowest BCUT2D eigenvalue weighted by Gasteiger charge is -2.22. The van der Waals surface area contributed by atoms with Crippen LogP contribution >= 0.6 is 0 Å². The van der Waals surface area contributed by atoms with E-state index in [0.717, 1.165) is 5.57 Å². The number of hydrogen-bond donors (Lipinski definition) is 1. The molecular formula is C15H20O4. The van der Waals surface area contributed by atoms with Crippen molar-refractivity contribution in [2.45, 2.75) is 19.4 Å². The molecule has 1 aromatic rings. The van der Waals surface area contributed by atoms with Gasteiger partial charge in [0, 0.05) is 5.56 Å². The maximum Gasteiger partial charge on any atom is 0.311 e. The standard InChI is InChI=1S/C15H20O4/c1-10(2)9-12(15(17)19-4)14(16)11-7-5-6-8-13(11)18-3/h5-8,12,14,16H,1,9H2,2-4H3/t12?,14-/m1/s1. The van der Waals surface area contributed by atoms with Crippen molar-refractivity contribution in [3.05, 3.63) is 42.0 Å². The van der Waals surface area contributed by atoms with Crippen LogP contribution in [-0.4, -0.2) is 25.3 Å². The summed E-state index contributed by atoms with van der Waals surface area (Å²) in [5, 5.41) is 10.4. The minimum absolute atomic E-state index is 0.367. The van der Waals surface area contributed by atoms with E-state index in [9.17, 15) is 9.90 Å². The fourth-order valence-corrected chi connectivity index (χ4v) is 1.98. The van der Waals surface area contributed by atoms with E-state index >= 15 is 0 Å². The largest absolute Gasteiger partial charge is 0.496 e. The van der Waals surface area contributed by atoms with E-state index in [-0.39, 0.29) is 0 Å². The van der Waals surface area contributed by atoms with E-state index in [2.05, 4.69) is 6.58 Å². The lowest BCUT2D eigenvalue weighted by molar-refractivity contribution is -0.149. The zero-order valence-corrected chi connectivity index (χ0v) is 11.6. The Hall–Kier alpha value is -1.81. The molecule has 0 spiro atoms. The molecule has 0 bridgehead atoms. The maximum absolute atomic E-state index is 11.8. The number of rotatable bonds is 6. The first-order valence-electron chi connectivity index (χ1n) is 6.04. The third kappa shape index (κ3) is 3.83. The lowest BCUT2D eigenvalue weighted by Crippen LogP contribution is -2.24. The van der Waals surface area contributed by atoms with Gasteiger partial charge in [-0.2, -0.15) is 0 Å². The van der Waals surface area contributed by atoms with Crippen molar-refractivity contribution in [1.29, 1.82) is 0 Å². The van der Waals surface area contributed by atoms with Crippen LogP contribution in [0.15, 0.2) is 36.4 Å². The summed E-state index contributed by atoms with van der Waals surface area (Å²) < 4.78 is 9.95. The molecule has 0 aromatic heterocycles. The molecule has 4 nitrogen and oxygen atoms in total. The van der Waals surface area contributed by atoms with Crippen LogP contribution in [0, 0.1) is 5.92 Å². The second kappa shape index (κ2) is 6.95. The Balaban J connectivity index is 3.07. The number of para-hydroxylation sites is 1. The van der Waals surface area contributed by atoms with E-state index in [1.807, 2.05) is 6.92 Å². The molecule has 1 unspecified atom stereocenters. The van der Waals surface area contributed by atoms with E-state index in [1.165, 1.54) is 14.2 Å². The molecule has 1 rings (SSSR count). The molecule has 0 saturated heterocycles. The van der Waals surface area contributed by atoms with Gasteiger partial charge in [-0.3, -0.25) is 4.79 Å². The molecule has 0 aliphatic carbocycles. The summed E-state index contributed by atoms with van der Waals surface area (Å²) in [4.78, 5) is 11.8. The average molecular weight is 264 g/mol. The number of carbonyl (C=O) groups is 1. The van der Waals surface area contributed by atoms with Crippen molar-refractivity contribution in [2.75, 3.05) is 14.2 Å². The number of carbonyl (C=O) groups excluding carboxylic acids is 1. The van der Waals surface area contributed by atoms with Crippen LogP contribution in [0.3, 0.4) is 0 Å². The summed E-state index contributed by atoms with van der Waals surface area (Å²) in [5.41, 5.74) is 1.38. The summed E-state index contributed by atoms with van der Waals surface area (Å²) in [6.45, 7) is 5.59. The van der Waals surface area contributed by atoms with Gasteiger partial charge in [-0.05, 0) is 19.4 Å². The molecule has 0 aliphatic rings. The predicted molar refractivity (Wildman–Crippen MR) is 72.9 cm³/mol. The molecule has 0 fully saturated rings. The Morgan fingerprint density at radius 1 is 1.37 bits per heavy atom. The summed E-state index contributed by atoms with van der Waals surface area (Å²) in [7, 11) is 2.83. The maximum atomic E-state index is 11.8. The van der Waals surface area contributed by atoms with Crippen LogP contribution in [0.25, 0.3) is 0 Å². The van der Waals surface area contributed by atoms with Crippen LogP contribution in [0.4, 0.5) is 0 Å². The molecule has 0 amide bonds. The van der Waals surface area contributed by atoms with Crippen molar-refractivity contribution in [3.8, 4) is 5.75 Å². The number of aliphatic hydroxyl groups is 1. The minimum atomic E-state index is -0.986. The Morgan fingerprint density at radius 3 is 2.53 bits per heavy atom. The smallest absolute Gasteiger partial charge is 0.311 e. The molecule has 1 aromatic carbocycles. The van der Waals surface area contributed by atoms with Gasteiger partial charge in [0.25, 0.3) is 0 Å². The number of aliphatic hydroxyl groups excluding tert-OH is 1. The molecule has 104 valence electrons. The van der Waals surface area contributed by atoms with Crippen LogP contribution in [0.1, 0.15) is 25.0 Å². The fourth-order valence-electron chi connectivity index (χ4n) is 1.98. The number of methoxy groups -OCH3 is 2. The second-order valence-corrected chi connectivity index (χ2v) is 4.48. The van der Waals surface area contributed by atoms with Crippen molar-refractivity contribution < 1.29 is 19.4 Å². The van der Waals surface area contributed by atoms with Gasteiger partial charge in [-0.25, -0.2) is 0 Å². The van der Waals surface area contributed by atoms with E-state index in [4.69, 9.17) is 9.47 Å². The molecule has 0 radical (unpaired) electrons. The van der Waals surface area contributed by atoms with Crippen molar-refractivity contribution in [1.82, 2.24) is 0 Å². The summed E-state index contributed by atoms with van der Waals surface area (Å²) in [6, 6.07) is 7.07. The number of esters is 1. The SMILES string of the molecule is C=C(C)CC(C(=O)OC)[C@H](O)c1ccccc1OC. The van der Waals surface area contributed by atoms with Crippen LogP contribution in [-0.2, 0) is 9.53 Å². The van der Waals surface area contributed by atoms with Crippen LogP contribution in [0.2, 0.25) is 0 Å². The highest BCUT2D eigenvalue weighted by Crippen LogP contribution is 2.33. The number of ether oxygens (including phenoxy) is 2. The molecule has 19 heavy (non-hydrogen) atoms. The third-order valence-electron chi connectivity index (χ3n) is 2.91. The summed E-state index contributed by atoms with van der Waals surface area (Å²) in [5.74, 6) is -0.592. The number of hydrogen-bond acceptors (Lipinski definition) is 4. The van der Waals surface area contributed by atoms with Gasteiger partial charge in [-0.15, -0.1) is 6.58 Å². The van der Waals surface area contributed by atoms with Gasteiger partial charge >= 0.3 is 5.97 Å². The monoisotopic (exact) mass is 264 g/mol. The van der Waals surface area contributed by atoms with Gasteiger partial charge in [0.05, 0.1) is 26.2 Å². The Morgan fingerprint density at radius 2 is 2.00 bits per heavy atom. The molecule has 2 atom stereocenters. The number of allylic oxidation sites excluding steroid dienone is 1. The third-order valence-corrected chi connectivity index (χ3v) is 2.91. The van der Waals surface area contributed by atoms with Crippen LogP contribution < -0.4 is 4.74 Å². The van der Waals surface area contributed by atoms with Gasteiger partial charge in [-0.1, -0.05) is 23.8 Å². The summed E-state index contributed by atoms with van der Waals surface area (Å²) in [6.07, 6.45) is -0.619. The molecule has 1 N–H and O–H groups in total.